The second kappa shape index (κ2) is 18.8. The van der Waals surface area contributed by atoms with E-state index in [1.54, 1.807) is 13.8 Å². The van der Waals surface area contributed by atoms with Gasteiger partial charge in [-0.05, 0) is 122 Å². The number of aliphatic hydroxyl groups is 14. The number of fused-ring (bicyclic) bond motifs is 2. The lowest BCUT2D eigenvalue weighted by Gasteiger charge is -2.65. The summed E-state index contributed by atoms with van der Waals surface area (Å²) in [5.41, 5.74) is -3.56. The Bertz CT molecular complexity index is 1750. The Hall–Kier alpha value is -0.800. The number of ether oxygens (including phenoxy) is 6. The molecule has 2 spiro atoms. The van der Waals surface area contributed by atoms with E-state index in [-0.39, 0.29) is 40.9 Å². The van der Waals surface area contributed by atoms with Crippen molar-refractivity contribution >= 4 is 0 Å². The van der Waals surface area contributed by atoms with E-state index in [1.807, 2.05) is 0 Å². The van der Waals surface area contributed by atoms with Crippen LogP contribution in [0.3, 0.4) is 0 Å². The maximum absolute atomic E-state index is 12.3. The van der Waals surface area contributed by atoms with Gasteiger partial charge in [0.05, 0.1) is 49.8 Å². The largest absolute Gasteiger partial charge is 0.394 e. The Kier molecular flexibility index (Phi) is 14.8. The van der Waals surface area contributed by atoms with Crippen LogP contribution in [0.2, 0.25) is 0 Å². The van der Waals surface area contributed by atoms with E-state index in [9.17, 15) is 71.5 Å². The molecule has 0 unspecified atom stereocenters. The van der Waals surface area contributed by atoms with Crippen LogP contribution in [0.15, 0.2) is 0 Å². The number of rotatable bonds is 14. The zero-order valence-electron chi connectivity index (χ0n) is 40.5. The van der Waals surface area contributed by atoms with E-state index in [0.29, 0.717) is 32.1 Å². The lowest BCUT2D eigenvalue weighted by atomic mass is 9.41. The lowest BCUT2D eigenvalue weighted by molar-refractivity contribution is -0.345. The molecule has 8 fully saturated rings. The maximum Gasteiger partial charge on any atom is 0.187 e. The first-order valence-corrected chi connectivity index (χ1v) is 25.0. The van der Waals surface area contributed by atoms with Crippen LogP contribution in [0.25, 0.3) is 0 Å². The molecule has 3 aliphatic heterocycles. The fourth-order valence-electron chi connectivity index (χ4n) is 16.1. The molecular formula is C48H82O20. The zero-order valence-corrected chi connectivity index (χ0v) is 40.5. The van der Waals surface area contributed by atoms with Crippen molar-refractivity contribution in [3.05, 3.63) is 0 Å². The summed E-state index contributed by atoms with van der Waals surface area (Å²) in [7, 11) is 0. The molecular weight excluding hydrogens is 897 g/mol. The van der Waals surface area contributed by atoms with E-state index in [0.717, 1.165) is 19.3 Å². The van der Waals surface area contributed by atoms with E-state index < -0.39 is 158 Å². The molecule has 8 rings (SSSR count). The Morgan fingerprint density at radius 2 is 1.10 bits per heavy atom. The van der Waals surface area contributed by atoms with Gasteiger partial charge in [-0.25, -0.2) is 0 Å². The van der Waals surface area contributed by atoms with Crippen molar-refractivity contribution in [2.75, 3.05) is 19.8 Å². The standard InChI is InChI=1S/C48H82O20/c1-20(8-9-28(44(4,5)62)68-42-38(61)35(58)32(55)25(18-51)66-42)29-21(52)15-46(7)26-14-22(63-40-36(59)33(56)30(53)23(16-49)64-40)39-43(2,3)27(67-41-37(60)34(57)31(54)24(17-50)65-41)10-11-48(39)19-47(26,48)13-12-45(29,46)6/h20-42,49-62H,8-19H2,1-7H3/t20-,21+,22+,23-,24-,25-,26+,27+,28+,29+,30+,31+,32+,33+,34+,35+,36-,37-,38-,39+,40-,41+,42+,45-,46+,47+,48-/m1/s1. The summed E-state index contributed by atoms with van der Waals surface area (Å²) in [6.07, 6.45) is -19.8. The molecule has 394 valence electrons. The highest BCUT2D eigenvalue weighted by Gasteiger charge is 2.85. The van der Waals surface area contributed by atoms with Gasteiger partial charge in [0.25, 0.3) is 0 Å². The van der Waals surface area contributed by atoms with E-state index in [2.05, 4.69) is 34.6 Å². The van der Waals surface area contributed by atoms with Gasteiger partial charge in [-0.1, -0.05) is 34.6 Å². The molecule has 0 bridgehead atoms. The molecule has 14 N–H and O–H groups in total. The van der Waals surface area contributed by atoms with Gasteiger partial charge in [0.15, 0.2) is 18.9 Å². The predicted octanol–water partition coefficient (Wildman–Crippen LogP) is -2.25. The van der Waals surface area contributed by atoms with E-state index in [4.69, 9.17) is 28.4 Å². The van der Waals surface area contributed by atoms with Crippen molar-refractivity contribution < 1.29 is 99.9 Å². The third kappa shape index (κ3) is 8.28. The van der Waals surface area contributed by atoms with Gasteiger partial charge in [-0.3, -0.25) is 0 Å². The maximum atomic E-state index is 12.3. The van der Waals surface area contributed by atoms with Crippen LogP contribution in [0, 0.1) is 50.7 Å². The van der Waals surface area contributed by atoms with Crippen molar-refractivity contribution in [3.8, 4) is 0 Å². The van der Waals surface area contributed by atoms with Crippen molar-refractivity contribution in [1.82, 2.24) is 0 Å². The number of hydrogen-bond acceptors (Lipinski definition) is 20. The highest BCUT2D eigenvalue weighted by molar-refractivity contribution is 5.33. The number of aliphatic hydroxyl groups excluding tert-OH is 13. The molecule has 5 aliphatic carbocycles. The van der Waals surface area contributed by atoms with Crippen LogP contribution < -0.4 is 0 Å². The molecule has 3 saturated heterocycles. The van der Waals surface area contributed by atoms with Crippen LogP contribution in [-0.2, 0) is 28.4 Å². The van der Waals surface area contributed by atoms with Crippen molar-refractivity contribution in [3.63, 3.8) is 0 Å². The van der Waals surface area contributed by atoms with Gasteiger partial charge in [-0.15, -0.1) is 0 Å². The number of hydrogen-bond donors (Lipinski definition) is 14. The smallest absolute Gasteiger partial charge is 0.187 e. The molecule has 0 aromatic rings. The summed E-state index contributed by atoms with van der Waals surface area (Å²) in [5.74, 6) is -0.590. The van der Waals surface area contributed by atoms with Gasteiger partial charge < -0.3 is 99.9 Å². The molecule has 0 radical (unpaired) electrons. The molecule has 0 aromatic heterocycles. The molecule has 5 saturated carbocycles. The second-order valence-electron chi connectivity index (χ2n) is 24.0. The normalized spacial score (nSPS) is 54.2. The summed E-state index contributed by atoms with van der Waals surface area (Å²) in [4.78, 5) is 0. The average Bonchev–Trinajstić information content (AvgIpc) is 3.88. The molecule has 68 heavy (non-hydrogen) atoms. The van der Waals surface area contributed by atoms with Crippen LogP contribution in [0.5, 0.6) is 0 Å². The summed E-state index contributed by atoms with van der Waals surface area (Å²) >= 11 is 0. The van der Waals surface area contributed by atoms with Crippen molar-refractivity contribution in [1.29, 1.82) is 0 Å². The molecule has 20 heteroatoms. The average molecular weight is 979 g/mol. The Morgan fingerprint density at radius 1 is 0.603 bits per heavy atom. The van der Waals surface area contributed by atoms with Crippen LogP contribution >= 0.6 is 0 Å². The quantitative estimate of drug-likeness (QED) is 0.0818. The van der Waals surface area contributed by atoms with Crippen LogP contribution in [-0.4, -0.2) is 213 Å². The van der Waals surface area contributed by atoms with Crippen LogP contribution in [0.1, 0.15) is 106 Å². The second-order valence-corrected chi connectivity index (χ2v) is 24.0. The Balaban J connectivity index is 1.07. The van der Waals surface area contributed by atoms with Gasteiger partial charge >= 0.3 is 0 Å². The van der Waals surface area contributed by atoms with E-state index >= 15 is 0 Å². The summed E-state index contributed by atoms with van der Waals surface area (Å²) in [6.45, 7) is 12.0. The highest BCUT2D eigenvalue weighted by atomic mass is 16.7. The summed E-state index contributed by atoms with van der Waals surface area (Å²) in [5, 5.41) is 150. The minimum absolute atomic E-state index is 0.0101. The minimum Gasteiger partial charge on any atom is -0.394 e. The summed E-state index contributed by atoms with van der Waals surface area (Å²) in [6, 6.07) is 0. The molecule has 8 aliphatic rings. The molecule has 20 nitrogen and oxygen atoms in total. The molecule has 0 aromatic carbocycles. The fourth-order valence-corrected chi connectivity index (χ4v) is 16.1. The van der Waals surface area contributed by atoms with Gasteiger partial charge in [0, 0.05) is 0 Å². The third-order valence-corrected chi connectivity index (χ3v) is 19.8. The highest BCUT2D eigenvalue weighted by Crippen LogP contribution is 2.89. The van der Waals surface area contributed by atoms with Crippen molar-refractivity contribution in [2.24, 2.45) is 50.7 Å². The van der Waals surface area contributed by atoms with Gasteiger partial charge in [0.2, 0.25) is 0 Å². The third-order valence-electron chi connectivity index (χ3n) is 19.8. The van der Waals surface area contributed by atoms with Gasteiger partial charge in [0.1, 0.15) is 73.2 Å². The fraction of sp³-hybridized carbons (Fsp3) is 1.00. The topological polar surface area (TPSA) is 339 Å². The van der Waals surface area contributed by atoms with E-state index in [1.165, 1.54) is 0 Å². The zero-order chi connectivity index (χ0) is 50.0. The van der Waals surface area contributed by atoms with Crippen molar-refractivity contribution in [2.45, 2.75) is 228 Å². The summed E-state index contributed by atoms with van der Waals surface area (Å²) < 4.78 is 37.1. The van der Waals surface area contributed by atoms with Crippen LogP contribution in [0.4, 0.5) is 0 Å². The SMILES string of the molecule is C[C@H](CC[C@H](O[C@@H]1O[C@H](CO)[C@H](O)[C@H](O)[C@H]1O)C(C)(C)O)[C@H]1[C@@H](O)C[C@@]2(C)[C@@H]3C[C@H](O[C@@H]4O[C@H](CO)[C@H](O)[C@H](O)[C@H]4O)[C@H]4C(C)(C)[C@@H](O[C@@H]5O[C@H](CO)[C@H](O)[C@H](O)[C@H]5O)CC[C@@]45C[C@@]35CC[C@]12C. The first-order valence-electron chi connectivity index (χ1n) is 25.0. The first kappa shape index (κ1) is 53.5. The molecule has 27 atom stereocenters. The molecule has 3 heterocycles. The predicted molar refractivity (Wildman–Crippen MR) is 234 cm³/mol. The minimum atomic E-state index is -1.67. The Morgan fingerprint density at radius 3 is 1.62 bits per heavy atom. The Labute approximate surface area is 398 Å². The molecule has 0 amide bonds. The van der Waals surface area contributed by atoms with Gasteiger partial charge in [-0.2, -0.15) is 0 Å². The lowest BCUT2D eigenvalue weighted by Crippen LogP contribution is -2.65. The monoisotopic (exact) mass is 979 g/mol. The first-order chi connectivity index (χ1) is 31.7.